The molecule has 2 N–H and O–H groups in total. The number of benzene rings is 1. The lowest BCUT2D eigenvalue weighted by Crippen LogP contribution is -2.28. The largest absolute Gasteiger partial charge is 0.316 e. The van der Waals surface area contributed by atoms with Crippen LogP contribution in [-0.2, 0) is 23.0 Å². The molecule has 0 heterocycles. The predicted molar refractivity (Wildman–Crippen MR) is 83.2 cm³/mol. The molecule has 114 valence electrons. The molecular formula is C15H26N2O2S. The second-order valence-electron chi connectivity index (χ2n) is 5.18. The highest BCUT2D eigenvalue weighted by Crippen LogP contribution is 2.17. The van der Waals surface area contributed by atoms with Gasteiger partial charge in [0.15, 0.2) is 0 Å². The molecule has 0 amide bonds. The zero-order chi connectivity index (χ0) is 15.2. The van der Waals surface area contributed by atoms with Crippen molar-refractivity contribution < 1.29 is 8.42 Å². The van der Waals surface area contributed by atoms with Crippen molar-refractivity contribution in [3.8, 4) is 0 Å². The third-order valence-corrected chi connectivity index (χ3v) is 4.98. The van der Waals surface area contributed by atoms with E-state index in [1.807, 2.05) is 20.0 Å². The van der Waals surface area contributed by atoms with E-state index >= 15 is 0 Å². The molecule has 0 saturated carbocycles. The van der Waals surface area contributed by atoms with E-state index in [0.717, 1.165) is 18.4 Å². The highest BCUT2D eigenvalue weighted by Gasteiger charge is 2.16. The van der Waals surface area contributed by atoms with Crippen molar-refractivity contribution in [2.45, 2.75) is 45.1 Å². The van der Waals surface area contributed by atoms with Gasteiger partial charge in [0.25, 0.3) is 0 Å². The van der Waals surface area contributed by atoms with Gasteiger partial charge in [-0.2, -0.15) is 0 Å². The topological polar surface area (TPSA) is 58.2 Å². The van der Waals surface area contributed by atoms with Crippen LogP contribution in [0.15, 0.2) is 23.1 Å². The summed E-state index contributed by atoms with van der Waals surface area (Å²) >= 11 is 0. The molecular weight excluding hydrogens is 272 g/mol. The summed E-state index contributed by atoms with van der Waals surface area (Å²) in [5.74, 6) is 0.344. The normalized spacial score (nSPS) is 13.4. The first-order chi connectivity index (χ1) is 9.44. The fourth-order valence-electron chi connectivity index (χ4n) is 1.95. The van der Waals surface area contributed by atoms with Crippen molar-refractivity contribution in [2.75, 3.05) is 13.6 Å². The number of nitrogens with one attached hydrogen (secondary N) is 2. The molecule has 0 saturated heterocycles. The molecule has 1 aromatic carbocycles. The average molecular weight is 298 g/mol. The number of hydrogen-bond donors (Lipinski definition) is 2. The van der Waals surface area contributed by atoms with Crippen molar-refractivity contribution in [3.05, 3.63) is 29.3 Å². The Morgan fingerprint density at radius 2 is 1.90 bits per heavy atom. The molecule has 4 nitrogen and oxygen atoms in total. The van der Waals surface area contributed by atoms with E-state index in [1.165, 1.54) is 5.56 Å². The Kier molecular flexibility index (Phi) is 6.65. The van der Waals surface area contributed by atoms with E-state index in [9.17, 15) is 8.42 Å². The molecule has 5 heteroatoms. The van der Waals surface area contributed by atoms with Gasteiger partial charge in [0.2, 0.25) is 10.0 Å². The lowest BCUT2D eigenvalue weighted by atomic mass is 10.1. The van der Waals surface area contributed by atoms with Gasteiger partial charge in [0, 0.05) is 13.1 Å². The Labute approximate surface area is 123 Å². The van der Waals surface area contributed by atoms with Crippen molar-refractivity contribution in [2.24, 2.45) is 5.92 Å². The molecule has 0 aliphatic carbocycles. The van der Waals surface area contributed by atoms with Crippen LogP contribution < -0.4 is 10.0 Å². The van der Waals surface area contributed by atoms with Gasteiger partial charge in [-0.1, -0.05) is 33.3 Å². The van der Waals surface area contributed by atoms with Crippen LogP contribution in [0.25, 0.3) is 0 Å². The number of rotatable bonds is 8. The lowest BCUT2D eigenvalue weighted by molar-refractivity contribution is 0.528. The van der Waals surface area contributed by atoms with Gasteiger partial charge in [-0.3, -0.25) is 0 Å². The summed E-state index contributed by atoms with van der Waals surface area (Å²) in [6, 6.07) is 5.37. The lowest BCUT2D eigenvalue weighted by Gasteiger charge is -2.13. The van der Waals surface area contributed by atoms with Crippen LogP contribution in [0.4, 0.5) is 0 Å². The van der Waals surface area contributed by atoms with Crippen LogP contribution in [0.2, 0.25) is 0 Å². The maximum atomic E-state index is 12.3. The SMILES string of the molecule is CCc1ccc(S(=O)(=O)NCC(C)CC)cc1CNC. The summed E-state index contributed by atoms with van der Waals surface area (Å²) < 4.78 is 27.2. The van der Waals surface area contributed by atoms with Gasteiger partial charge in [0.1, 0.15) is 0 Å². The van der Waals surface area contributed by atoms with Gasteiger partial charge < -0.3 is 5.32 Å². The second kappa shape index (κ2) is 7.76. The zero-order valence-corrected chi connectivity index (χ0v) is 13.7. The van der Waals surface area contributed by atoms with Gasteiger partial charge in [-0.15, -0.1) is 0 Å². The standard InChI is InChI=1S/C15H26N2O2S/c1-5-12(3)10-17-20(18,19)15-8-7-13(6-2)14(9-15)11-16-4/h7-9,12,16-17H,5-6,10-11H2,1-4H3. The highest BCUT2D eigenvalue weighted by atomic mass is 32.2. The summed E-state index contributed by atoms with van der Waals surface area (Å²) in [6.07, 6.45) is 1.86. The fourth-order valence-corrected chi connectivity index (χ4v) is 3.16. The van der Waals surface area contributed by atoms with E-state index in [2.05, 4.69) is 23.9 Å². The summed E-state index contributed by atoms with van der Waals surface area (Å²) in [7, 11) is -1.55. The predicted octanol–water partition coefficient (Wildman–Crippen LogP) is 2.29. The van der Waals surface area contributed by atoms with Crippen LogP contribution >= 0.6 is 0 Å². The molecule has 1 unspecified atom stereocenters. The summed E-state index contributed by atoms with van der Waals surface area (Å²) in [4.78, 5) is 0.350. The van der Waals surface area contributed by atoms with Gasteiger partial charge in [0.05, 0.1) is 4.90 Å². The van der Waals surface area contributed by atoms with E-state index < -0.39 is 10.0 Å². The van der Waals surface area contributed by atoms with Gasteiger partial charge in [-0.25, -0.2) is 13.1 Å². The smallest absolute Gasteiger partial charge is 0.240 e. The first-order valence-electron chi connectivity index (χ1n) is 7.20. The molecule has 0 radical (unpaired) electrons. The monoisotopic (exact) mass is 298 g/mol. The van der Waals surface area contributed by atoms with Crippen molar-refractivity contribution in [3.63, 3.8) is 0 Å². The number of hydrogen-bond acceptors (Lipinski definition) is 3. The summed E-state index contributed by atoms with van der Waals surface area (Å²) in [5, 5.41) is 3.08. The van der Waals surface area contributed by atoms with Crippen molar-refractivity contribution in [1.29, 1.82) is 0 Å². The average Bonchev–Trinajstić information content (AvgIpc) is 2.45. The van der Waals surface area contributed by atoms with E-state index in [0.29, 0.717) is 23.9 Å². The molecule has 1 aromatic rings. The number of sulfonamides is 1. The molecule has 0 spiro atoms. The molecule has 0 aliphatic heterocycles. The maximum absolute atomic E-state index is 12.3. The Hall–Kier alpha value is -0.910. The summed E-state index contributed by atoms with van der Waals surface area (Å²) in [6.45, 7) is 7.33. The maximum Gasteiger partial charge on any atom is 0.240 e. The van der Waals surface area contributed by atoms with Crippen LogP contribution in [-0.4, -0.2) is 22.0 Å². The van der Waals surface area contributed by atoms with Gasteiger partial charge >= 0.3 is 0 Å². The van der Waals surface area contributed by atoms with E-state index in [-0.39, 0.29) is 0 Å². The fraction of sp³-hybridized carbons (Fsp3) is 0.600. The third kappa shape index (κ3) is 4.58. The highest BCUT2D eigenvalue weighted by molar-refractivity contribution is 7.89. The first-order valence-corrected chi connectivity index (χ1v) is 8.69. The minimum atomic E-state index is -3.41. The minimum Gasteiger partial charge on any atom is -0.316 e. The molecule has 1 atom stereocenters. The Morgan fingerprint density at radius 1 is 1.20 bits per heavy atom. The van der Waals surface area contributed by atoms with Gasteiger partial charge in [-0.05, 0) is 42.6 Å². The van der Waals surface area contributed by atoms with Crippen LogP contribution in [0.1, 0.15) is 38.3 Å². The summed E-state index contributed by atoms with van der Waals surface area (Å²) in [5.41, 5.74) is 2.22. The molecule has 20 heavy (non-hydrogen) atoms. The minimum absolute atomic E-state index is 0.344. The van der Waals surface area contributed by atoms with Crippen LogP contribution in [0, 0.1) is 5.92 Å². The molecule has 0 aliphatic rings. The molecule has 0 fully saturated rings. The zero-order valence-electron chi connectivity index (χ0n) is 12.9. The molecule has 0 bridgehead atoms. The van der Waals surface area contributed by atoms with E-state index in [4.69, 9.17) is 0 Å². The third-order valence-electron chi connectivity index (χ3n) is 3.55. The Bertz CT molecular complexity index is 527. The van der Waals surface area contributed by atoms with Crippen molar-refractivity contribution >= 4 is 10.0 Å². The number of aryl methyl sites for hydroxylation is 1. The first kappa shape index (κ1) is 17.1. The van der Waals surface area contributed by atoms with Crippen LogP contribution in [0.5, 0.6) is 0 Å². The second-order valence-corrected chi connectivity index (χ2v) is 6.95. The van der Waals surface area contributed by atoms with E-state index in [1.54, 1.807) is 12.1 Å². The molecule has 1 rings (SSSR count). The Balaban J connectivity index is 2.97. The Morgan fingerprint density at radius 3 is 2.45 bits per heavy atom. The van der Waals surface area contributed by atoms with Crippen LogP contribution in [0.3, 0.4) is 0 Å². The van der Waals surface area contributed by atoms with Crippen molar-refractivity contribution in [1.82, 2.24) is 10.0 Å². The quantitative estimate of drug-likeness (QED) is 0.774. The molecule has 0 aromatic heterocycles.